The molecule has 0 aliphatic heterocycles. The maximum atomic E-state index is 5.42. The quantitative estimate of drug-likeness (QED) is 0.754. The van der Waals surface area contributed by atoms with E-state index in [0.29, 0.717) is 12.1 Å². The summed E-state index contributed by atoms with van der Waals surface area (Å²) >= 11 is 1.90. The van der Waals surface area contributed by atoms with Crippen molar-refractivity contribution in [3.63, 3.8) is 0 Å². The number of hydrogen-bond acceptors (Lipinski definition) is 5. The Bertz CT molecular complexity index is 379. The minimum absolute atomic E-state index is 0.605. The van der Waals surface area contributed by atoms with Gasteiger partial charge in [-0.15, -0.1) is 0 Å². The average molecular weight is 283 g/mol. The van der Waals surface area contributed by atoms with Gasteiger partial charge in [-0.3, -0.25) is 4.90 Å². The molecule has 1 aliphatic carbocycles. The van der Waals surface area contributed by atoms with E-state index in [1.54, 1.807) is 0 Å². The fourth-order valence-electron chi connectivity index (χ4n) is 2.17. The molecule has 1 aromatic rings. The van der Waals surface area contributed by atoms with Crippen molar-refractivity contribution in [2.24, 2.45) is 0 Å². The molecule has 1 fully saturated rings. The Morgan fingerprint density at radius 2 is 2.37 bits per heavy atom. The van der Waals surface area contributed by atoms with E-state index >= 15 is 0 Å². The molecule has 5 heteroatoms. The van der Waals surface area contributed by atoms with Gasteiger partial charge in [0.2, 0.25) is 0 Å². The van der Waals surface area contributed by atoms with Crippen LogP contribution in [0.3, 0.4) is 0 Å². The molecule has 0 bridgehead atoms. The molecule has 1 aliphatic rings. The van der Waals surface area contributed by atoms with Crippen LogP contribution in [0.1, 0.15) is 37.6 Å². The van der Waals surface area contributed by atoms with Crippen LogP contribution in [0.4, 0.5) is 0 Å². The lowest BCUT2D eigenvalue weighted by atomic mass is 10.2. The summed E-state index contributed by atoms with van der Waals surface area (Å²) in [6, 6.07) is 3.40. The van der Waals surface area contributed by atoms with Gasteiger partial charge < -0.3 is 9.84 Å². The van der Waals surface area contributed by atoms with Gasteiger partial charge in [-0.2, -0.15) is 11.8 Å². The molecule has 2 rings (SSSR count). The van der Waals surface area contributed by atoms with Crippen LogP contribution in [0, 0.1) is 0 Å². The monoisotopic (exact) mass is 283 g/mol. The Morgan fingerprint density at radius 3 is 3.00 bits per heavy atom. The number of thioether (sulfide) groups is 1. The molecule has 0 aromatic carbocycles. The van der Waals surface area contributed by atoms with E-state index in [1.807, 2.05) is 11.8 Å². The van der Waals surface area contributed by atoms with Crippen molar-refractivity contribution in [3.05, 3.63) is 17.5 Å². The predicted molar refractivity (Wildman–Crippen MR) is 80.3 cm³/mol. The minimum Gasteiger partial charge on any atom is -0.360 e. The molecular formula is C14H25N3OS. The molecule has 0 spiro atoms. The number of hydrogen-bond donors (Lipinski definition) is 1. The van der Waals surface area contributed by atoms with Gasteiger partial charge in [0, 0.05) is 30.4 Å². The van der Waals surface area contributed by atoms with Crippen LogP contribution in [0.5, 0.6) is 0 Å². The molecule has 1 aromatic heterocycles. The molecule has 4 nitrogen and oxygen atoms in total. The molecule has 1 N–H and O–H groups in total. The lowest BCUT2D eigenvalue weighted by Gasteiger charge is -2.25. The van der Waals surface area contributed by atoms with Gasteiger partial charge in [0.1, 0.15) is 0 Å². The molecule has 0 saturated heterocycles. The zero-order chi connectivity index (χ0) is 13.7. The average Bonchev–Trinajstić information content (AvgIpc) is 3.14. The summed E-state index contributed by atoms with van der Waals surface area (Å²) in [5.74, 6) is 2.13. The van der Waals surface area contributed by atoms with Crippen molar-refractivity contribution >= 4 is 11.8 Å². The van der Waals surface area contributed by atoms with Crippen LogP contribution >= 0.6 is 11.8 Å². The second kappa shape index (κ2) is 7.31. The molecule has 1 saturated carbocycles. The Labute approximate surface area is 120 Å². The van der Waals surface area contributed by atoms with E-state index in [9.17, 15) is 0 Å². The van der Waals surface area contributed by atoms with Crippen LogP contribution in [0.25, 0.3) is 0 Å². The highest BCUT2D eigenvalue weighted by Gasteiger charge is 2.21. The zero-order valence-electron chi connectivity index (χ0n) is 12.2. The number of aromatic nitrogens is 1. The van der Waals surface area contributed by atoms with E-state index in [-0.39, 0.29) is 0 Å². The van der Waals surface area contributed by atoms with Gasteiger partial charge >= 0.3 is 0 Å². The third-order valence-electron chi connectivity index (χ3n) is 3.62. The summed E-state index contributed by atoms with van der Waals surface area (Å²) in [6.07, 6.45) is 5.94. The van der Waals surface area contributed by atoms with E-state index in [1.165, 1.54) is 19.3 Å². The van der Waals surface area contributed by atoms with Crippen molar-refractivity contribution in [1.29, 1.82) is 0 Å². The highest BCUT2D eigenvalue weighted by atomic mass is 32.2. The van der Waals surface area contributed by atoms with Gasteiger partial charge in [0.15, 0.2) is 5.76 Å². The number of rotatable bonds is 9. The highest BCUT2D eigenvalue weighted by Crippen LogP contribution is 2.19. The van der Waals surface area contributed by atoms with Gasteiger partial charge in [-0.05, 0) is 32.6 Å². The molecular weight excluding hydrogens is 258 g/mol. The van der Waals surface area contributed by atoms with Crippen LogP contribution in [0.2, 0.25) is 0 Å². The first-order chi connectivity index (χ1) is 9.22. The smallest absolute Gasteiger partial charge is 0.151 e. The lowest BCUT2D eigenvalue weighted by molar-refractivity contribution is 0.217. The second-order valence-corrected chi connectivity index (χ2v) is 6.28. The Kier molecular flexibility index (Phi) is 5.73. The molecule has 19 heavy (non-hydrogen) atoms. The van der Waals surface area contributed by atoms with Crippen molar-refractivity contribution in [3.8, 4) is 0 Å². The molecule has 1 heterocycles. The predicted octanol–water partition coefficient (Wildman–Crippen LogP) is 2.50. The van der Waals surface area contributed by atoms with Crippen LogP contribution < -0.4 is 5.32 Å². The third kappa shape index (κ3) is 4.82. The largest absolute Gasteiger partial charge is 0.360 e. The van der Waals surface area contributed by atoms with E-state index in [2.05, 4.69) is 41.7 Å². The first-order valence-electron chi connectivity index (χ1n) is 7.10. The molecule has 1 unspecified atom stereocenters. The summed E-state index contributed by atoms with van der Waals surface area (Å²) in [5, 5.41) is 7.59. The van der Waals surface area contributed by atoms with Crippen molar-refractivity contribution in [2.75, 3.05) is 19.1 Å². The fourth-order valence-corrected chi connectivity index (χ4v) is 3.05. The normalized spacial score (nSPS) is 17.1. The number of nitrogens with one attached hydrogen (secondary N) is 1. The number of nitrogens with zero attached hydrogens (tertiary/aromatic N) is 2. The van der Waals surface area contributed by atoms with Gasteiger partial charge in [0.25, 0.3) is 0 Å². The summed E-state index contributed by atoms with van der Waals surface area (Å²) in [6.45, 7) is 3.91. The fraction of sp³-hybridized carbons (Fsp3) is 0.786. The van der Waals surface area contributed by atoms with Crippen molar-refractivity contribution < 1.29 is 4.52 Å². The summed E-state index contributed by atoms with van der Waals surface area (Å²) in [4.78, 5) is 2.36. The van der Waals surface area contributed by atoms with Crippen molar-refractivity contribution in [1.82, 2.24) is 15.4 Å². The molecule has 1 atom stereocenters. The first kappa shape index (κ1) is 14.9. The van der Waals surface area contributed by atoms with E-state index in [0.717, 1.165) is 30.3 Å². The van der Waals surface area contributed by atoms with Crippen LogP contribution in [0.15, 0.2) is 10.6 Å². The summed E-state index contributed by atoms with van der Waals surface area (Å²) in [5.41, 5.74) is 1.02. The topological polar surface area (TPSA) is 41.3 Å². The maximum Gasteiger partial charge on any atom is 0.151 e. The second-order valence-electron chi connectivity index (χ2n) is 5.37. The SMILES string of the molecule is CCC(CSC)N(C)Cc1cc(CNC2CC2)no1. The van der Waals surface area contributed by atoms with E-state index < -0.39 is 0 Å². The molecule has 108 valence electrons. The lowest BCUT2D eigenvalue weighted by Crippen LogP contribution is -2.32. The summed E-state index contributed by atoms with van der Waals surface area (Å²) < 4.78 is 5.42. The zero-order valence-corrected chi connectivity index (χ0v) is 13.0. The van der Waals surface area contributed by atoms with Gasteiger partial charge in [-0.25, -0.2) is 0 Å². The molecule has 0 amide bonds. The summed E-state index contributed by atoms with van der Waals surface area (Å²) in [7, 11) is 2.16. The van der Waals surface area contributed by atoms with Gasteiger partial charge in [-0.1, -0.05) is 12.1 Å². The maximum absolute atomic E-state index is 5.42. The minimum atomic E-state index is 0.605. The standard InChI is InChI=1S/C14H25N3OS/c1-4-13(10-19-3)17(2)9-14-7-12(16-18-14)8-15-11-5-6-11/h7,11,13,15H,4-6,8-10H2,1-3H3. The third-order valence-corrected chi connectivity index (χ3v) is 4.33. The van der Waals surface area contributed by atoms with Crippen molar-refractivity contribution in [2.45, 2.75) is 51.4 Å². The van der Waals surface area contributed by atoms with Crippen LogP contribution in [-0.4, -0.2) is 41.2 Å². The first-order valence-corrected chi connectivity index (χ1v) is 8.49. The Hall–Kier alpha value is -0.520. The molecule has 0 radical (unpaired) electrons. The van der Waals surface area contributed by atoms with Gasteiger partial charge in [0.05, 0.1) is 12.2 Å². The van der Waals surface area contributed by atoms with Crippen LogP contribution in [-0.2, 0) is 13.1 Å². The Balaban J connectivity index is 1.80. The highest BCUT2D eigenvalue weighted by molar-refractivity contribution is 7.98. The Morgan fingerprint density at radius 1 is 1.58 bits per heavy atom. The van der Waals surface area contributed by atoms with E-state index in [4.69, 9.17) is 4.52 Å².